The summed E-state index contributed by atoms with van der Waals surface area (Å²) in [6, 6.07) is 10.8. The number of benzene rings is 2. The lowest BCUT2D eigenvalue weighted by atomic mass is 10.1. The van der Waals surface area contributed by atoms with E-state index in [4.69, 9.17) is 0 Å². The molecule has 0 fully saturated rings. The maximum absolute atomic E-state index is 13.0. The van der Waals surface area contributed by atoms with Crippen molar-refractivity contribution >= 4 is 45.0 Å². The molecule has 4 aromatic rings. The van der Waals surface area contributed by atoms with Crippen LogP contribution in [-0.2, 0) is 5.75 Å². The number of thioether (sulfide) groups is 1. The number of rotatable bonds is 5. The lowest BCUT2D eigenvalue weighted by molar-refractivity contribution is 0.102. The van der Waals surface area contributed by atoms with E-state index in [2.05, 4.69) is 20.5 Å². The van der Waals surface area contributed by atoms with Crippen molar-refractivity contribution in [1.82, 2.24) is 15.2 Å². The first-order valence-corrected chi connectivity index (χ1v) is 10.9. The van der Waals surface area contributed by atoms with Crippen LogP contribution in [0.4, 0.5) is 9.52 Å². The van der Waals surface area contributed by atoms with Gasteiger partial charge in [0.15, 0.2) is 9.77 Å². The van der Waals surface area contributed by atoms with E-state index >= 15 is 0 Å². The lowest BCUT2D eigenvalue weighted by Crippen LogP contribution is -2.11. The molecule has 0 saturated carbocycles. The molecule has 0 bridgehead atoms. The topological polar surface area (TPSA) is 87.7 Å². The summed E-state index contributed by atoms with van der Waals surface area (Å²) in [6.07, 6.45) is 0. The number of nitrogens with zero attached hydrogens (tertiary/aromatic N) is 2. The first-order chi connectivity index (χ1) is 14.4. The van der Waals surface area contributed by atoms with Crippen molar-refractivity contribution in [3.63, 3.8) is 0 Å². The molecule has 4 rings (SSSR count). The van der Waals surface area contributed by atoms with E-state index in [9.17, 15) is 14.0 Å². The van der Waals surface area contributed by atoms with Crippen molar-refractivity contribution in [2.75, 3.05) is 5.32 Å². The standard InChI is InChI=1S/C21H17FN4O2S2/c1-11-7-12(2)18-16(8-11)23-15(9-17(18)27)10-29-21-26-25-20(30-21)24-19(28)13-3-5-14(22)6-4-13/h3-9H,10H2,1-2H3,(H,23,27)(H,24,25,28). The fourth-order valence-corrected chi connectivity index (χ4v) is 4.79. The van der Waals surface area contributed by atoms with E-state index in [1.54, 1.807) is 6.07 Å². The Bertz CT molecular complexity index is 1300. The minimum atomic E-state index is -0.404. The number of aryl methyl sites for hydroxylation is 2. The Morgan fingerprint density at radius 3 is 2.70 bits per heavy atom. The van der Waals surface area contributed by atoms with Crippen LogP contribution in [0.3, 0.4) is 0 Å². The second-order valence-corrected chi connectivity index (χ2v) is 8.99. The van der Waals surface area contributed by atoms with E-state index in [1.165, 1.54) is 47.4 Å². The van der Waals surface area contributed by atoms with Crippen LogP contribution in [0.2, 0.25) is 0 Å². The maximum atomic E-state index is 13.0. The number of nitrogens with one attached hydrogen (secondary N) is 2. The molecule has 6 nitrogen and oxygen atoms in total. The van der Waals surface area contributed by atoms with Crippen LogP contribution in [0.25, 0.3) is 10.9 Å². The minimum Gasteiger partial charge on any atom is -0.357 e. The van der Waals surface area contributed by atoms with Gasteiger partial charge in [-0.3, -0.25) is 14.9 Å². The number of amides is 1. The summed E-state index contributed by atoms with van der Waals surface area (Å²) in [6.45, 7) is 3.93. The van der Waals surface area contributed by atoms with Gasteiger partial charge in [0.1, 0.15) is 5.82 Å². The normalized spacial score (nSPS) is 11.0. The number of hydrogen-bond acceptors (Lipinski definition) is 6. The third-order valence-electron chi connectivity index (χ3n) is 4.41. The predicted molar refractivity (Wildman–Crippen MR) is 118 cm³/mol. The van der Waals surface area contributed by atoms with E-state index in [0.29, 0.717) is 26.2 Å². The number of hydrogen-bond donors (Lipinski definition) is 2. The number of H-pyrrole nitrogens is 1. The second-order valence-electron chi connectivity index (χ2n) is 6.79. The highest BCUT2D eigenvalue weighted by atomic mass is 32.2. The van der Waals surface area contributed by atoms with Gasteiger partial charge in [-0.2, -0.15) is 0 Å². The minimum absolute atomic E-state index is 0.0126. The first kappa shape index (κ1) is 20.2. The molecule has 0 atom stereocenters. The van der Waals surface area contributed by atoms with E-state index in [-0.39, 0.29) is 11.3 Å². The van der Waals surface area contributed by atoms with Gasteiger partial charge in [-0.15, -0.1) is 10.2 Å². The molecule has 1 amide bonds. The van der Waals surface area contributed by atoms with Gasteiger partial charge in [0.25, 0.3) is 5.91 Å². The van der Waals surface area contributed by atoms with Gasteiger partial charge >= 0.3 is 0 Å². The van der Waals surface area contributed by atoms with Crippen molar-refractivity contribution in [2.45, 2.75) is 23.9 Å². The zero-order valence-electron chi connectivity index (χ0n) is 16.2. The lowest BCUT2D eigenvalue weighted by Gasteiger charge is -2.07. The van der Waals surface area contributed by atoms with Crippen LogP contribution in [0.5, 0.6) is 0 Å². The molecule has 2 aromatic heterocycles. The quantitative estimate of drug-likeness (QED) is 0.348. The SMILES string of the molecule is Cc1cc(C)c2c(=O)cc(CSc3nnc(NC(=O)c4ccc(F)cc4)s3)[nH]c2c1. The number of halogens is 1. The van der Waals surface area contributed by atoms with Crippen LogP contribution < -0.4 is 10.7 Å². The van der Waals surface area contributed by atoms with Gasteiger partial charge in [0.2, 0.25) is 5.13 Å². The van der Waals surface area contributed by atoms with Gasteiger partial charge in [0, 0.05) is 28.5 Å². The van der Waals surface area contributed by atoms with Crippen LogP contribution in [0.15, 0.2) is 51.6 Å². The zero-order valence-corrected chi connectivity index (χ0v) is 17.8. The molecular weight excluding hydrogens is 423 g/mol. The Kier molecular flexibility index (Phi) is 5.65. The number of aromatic nitrogens is 3. The Hall–Kier alpha value is -3.04. The van der Waals surface area contributed by atoms with Crippen molar-refractivity contribution in [1.29, 1.82) is 0 Å². The smallest absolute Gasteiger partial charge is 0.257 e. The van der Waals surface area contributed by atoms with E-state index < -0.39 is 5.82 Å². The molecule has 0 aliphatic rings. The number of aromatic amines is 1. The molecule has 2 N–H and O–H groups in total. The maximum Gasteiger partial charge on any atom is 0.257 e. The number of carbonyl (C=O) groups excluding carboxylic acids is 1. The monoisotopic (exact) mass is 440 g/mol. The Labute approximate surface area is 179 Å². The summed E-state index contributed by atoms with van der Waals surface area (Å²) in [5.41, 5.74) is 3.97. The molecule has 30 heavy (non-hydrogen) atoms. The average Bonchev–Trinajstić information content (AvgIpc) is 3.13. The fraction of sp³-hybridized carbons (Fsp3) is 0.143. The van der Waals surface area contributed by atoms with Crippen LogP contribution in [0, 0.1) is 19.7 Å². The summed E-state index contributed by atoms with van der Waals surface area (Å²) in [4.78, 5) is 28.0. The largest absolute Gasteiger partial charge is 0.357 e. The Balaban J connectivity index is 1.45. The Morgan fingerprint density at radius 1 is 1.17 bits per heavy atom. The third-order valence-corrected chi connectivity index (χ3v) is 6.43. The fourth-order valence-electron chi connectivity index (χ4n) is 3.14. The van der Waals surface area contributed by atoms with Gasteiger partial charge in [0.05, 0.1) is 5.52 Å². The van der Waals surface area contributed by atoms with Gasteiger partial charge < -0.3 is 4.98 Å². The predicted octanol–water partition coefficient (Wildman–Crippen LogP) is 4.68. The third kappa shape index (κ3) is 4.42. The van der Waals surface area contributed by atoms with E-state index in [1.807, 2.05) is 26.0 Å². The van der Waals surface area contributed by atoms with Gasteiger partial charge in [-0.1, -0.05) is 29.2 Å². The summed E-state index contributed by atoms with van der Waals surface area (Å²) in [5, 5.41) is 11.8. The highest BCUT2D eigenvalue weighted by Gasteiger charge is 2.12. The highest BCUT2D eigenvalue weighted by molar-refractivity contribution is 8.00. The van der Waals surface area contributed by atoms with Crippen molar-refractivity contribution < 1.29 is 9.18 Å². The molecule has 152 valence electrons. The first-order valence-electron chi connectivity index (χ1n) is 9.05. The molecule has 0 radical (unpaired) electrons. The summed E-state index contributed by atoms with van der Waals surface area (Å²) < 4.78 is 13.6. The van der Waals surface area contributed by atoms with Crippen molar-refractivity contribution in [3.05, 3.63) is 80.9 Å². The molecule has 2 heterocycles. The van der Waals surface area contributed by atoms with Crippen molar-refractivity contribution in [3.8, 4) is 0 Å². The molecular formula is C21H17FN4O2S2. The van der Waals surface area contributed by atoms with Crippen molar-refractivity contribution in [2.24, 2.45) is 0 Å². The van der Waals surface area contributed by atoms with Gasteiger partial charge in [-0.25, -0.2) is 4.39 Å². The molecule has 0 saturated heterocycles. The van der Waals surface area contributed by atoms with E-state index in [0.717, 1.165) is 22.3 Å². The average molecular weight is 441 g/mol. The zero-order chi connectivity index (χ0) is 21.3. The molecule has 0 spiro atoms. The molecule has 0 aliphatic carbocycles. The van der Waals surface area contributed by atoms with Crippen LogP contribution >= 0.6 is 23.1 Å². The highest BCUT2D eigenvalue weighted by Crippen LogP contribution is 2.28. The summed E-state index contributed by atoms with van der Waals surface area (Å²) in [7, 11) is 0. The number of fused-ring (bicyclic) bond motifs is 1. The molecule has 9 heteroatoms. The number of carbonyl (C=O) groups is 1. The van der Waals surface area contributed by atoms with Crippen LogP contribution in [-0.4, -0.2) is 21.1 Å². The Morgan fingerprint density at radius 2 is 1.93 bits per heavy atom. The van der Waals surface area contributed by atoms with Gasteiger partial charge in [-0.05, 0) is 55.3 Å². The summed E-state index contributed by atoms with van der Waals surface area (Å²) in [5.74, 6) is -0.274. The number of pyridine rings is 1. The molecule has 0 aliphatic heterocycles. The molecule has 2 aromatic carbocycles. The second kappa shape index (κ2) is 8.37. The molecule has 0 unspecified atom stereocenters. The number of anilines is 1. The summed E-state index contributed by atoms with van der Waals surface area (Å²) >= 11 is 2.65. The van der Waals surface area contributed by atoms with Crippen LogP contribution in [0.1, 0.15) is 27.2 Å².